The number of nitrogens with one attached hydrogen (secondary N) is 2. The normalized spacial score (nSPS) is 10.9. The van der Waals surface area contributed by atoms with E-state index in [1.54, 1.807) is 19.2 Å². The fourth-order valence-corrected chi connectivity index (χ4v) is 2.50. The molecule has 0 saturated heterocycles. The minimum atomic E-state index is -0.279. The van der Waals surface area contributed by atoms with Crippen LogP contribution >= 0.6 is 0 Å². The monoisotopic (exact) mass is 270 g/mol. The molecule has 0 bridgehead atoms. The van der Waals surface area contributed by atoms with Crippen molar-refractivity contribution in [3.8, 4) is 5.75 Å². The van der Waals surface area contributed by atoms with E-state index in [9.17, 15) is 4.39 Å². The van der Waals surface area contributed by atoms with Crippen molar-refractivity contribution in [1.29, 1.82) is 0 Å². The fraction of sp³-hybridized carbons (Fsp3) is 0.125. The molecule has 3 aromatic rings. The molecule has 0 radical (unpaired) electrons. The number of rotatable bonds is 4. The fourth-order valence-electron chi connectivity index (χ4n) is 2.50. The minimum Gasteiger partial charge on any atom is -0.496 e. The highest BCUT2D eigenvalue weighted by Gasteiger charge is 2.25. The molecule has 2 aromatic heterocycles. The lowest BCUT2D eigenvalue weighted by atomic mass is 9.91. The van der Waals surface area contributed by atoms with Crippen LogP contribution in [0.2, 0.25) is 0 Å². The topological polar surface area (TPSA) is 40.8 Å². The van der Waals surface area contributed by atoms with Gasteiger partial charge in [0.25, 0.3) is 0 Å². The third-order valence-electron chi connectivity index (χ3n) is 3.39. The predicted molar refractivity (Wildman–Crippen MR) is 75.5 cm³/mol. The molecule has 102 valence electrons. The summed E-state index contributed by atoms with van der Waals surface area (Å²) in [6.07, 6.45) is 3.66. The van der Waals surface area contributed by atoms with Gasteiger partial charge >= 0.3 is 0 Å². The maximum atomic E-state index is 14.4. The molecular weight excluding hydrogens is 255 g/mol. The lowest BCUT2D eigenvalue weighted by Gasteiger charge is -2.19. The van der Waals surface area contributed by atoms with Crippen molar-refractivity contribution in [2.45, 2.75) is 5.92 Å². The van der Waals surface area contributed by atoms with Gasteiger partial charge in [0, 0.05) is 29.3 Å². The van der Waals surface area contributed by atoms with Crippen LogP contribution in [0.1, 0.15) is 22.9 Å². The van der Waals surface area contributed by atoms with E-state index in [1.165, 1.54) is 6.07 Å². The molecule has 0 atom stereocenters. The van der Waals surface area contributed by atoms with Gasteiger partial charge in [-0.15, -0.1) is 0 Å². The first-order chi connectivity index (χ1) is 9.81. The molecule has 0 aliphatic heterocycles. The Morgan fingerprint density at radius 1 is 0.950 bits per heavy atom. The Balaban J connectivity index is 2.21. The summed E-state index contributed by atoms with van der Waals surface area (Å²) in [7, 11) is 1.55. The SMILES string of the molecule is COc1cccc(F)c1C(c1ccc[nH]1)c1ccc[nH]1. The molecule has 4 heteroatoms. The van der Waals surface area contributed by atoms with Crippen LogP contribution in [0.25, 0.3) is 0 Å². The number of H-pyrrole nitrogens is 2. The molecule has 1 aromatic carbocycles. The molecular formula is C16H15FN2O. The summed E-state index contributed by atoms with van der Waals surface area (Å²) in [6, 6.07) is 12.6. The van der Waals surface area contributed by atoms with Crippen molar-refractivity contribution < 1.29 is 9.13 Å². The van der Waals surface area contributed by atoms with Crippen molar-refractivity contribution in [1.82, 2.24) is 9.97 Å². The lowest BCUT2D eigenvalue weighted by molar-refractivity contribution is 0.403. The molecule has 0 spiro atoms. The van der Waals surface area contributed by atoms with E-state index in [0.29, 0.717) is 11.3 Å². The number of hydrogen-bond acceptors (Lipinski definition) is 1. The van der Waals surface area contributed by atoms with E-state index in [0.717, 1.165) is 11.4 Å². The summed E-state index contributed by atoms with van der Waals surface area (Å²) < 4.78 is 19.7. The Morgan fingerprint density at radius 3 is 2.10 bits per heavy atom. The van der Waals surface area contributed by atoms with Crippen LogP contribution in [0.4, 0.5) is 4.39 Å². The molecule has 0 aliphatic carbocycles. The predicted octanol–water partition coefficient (Wildman–Crippen LogP) is 3.67. The first-order valence-corrected chi connectivity index (χ1v) is 6.40. The molecule has 3 rings (SSSR count). The second-order valence-corrected chi connectivity index (χ2v) is 4.54. The van der Waals surface area contributed by atoms with Crippen LogP contribution in [0.3, 0.4) is 0 Å². The molecule has 2 N–H and O–H groups in total. The molecule has 3 nitrogen and oxygen atoms in total. The standard InChI is InChI=1S/C16H15FN2O/c1-20-14-8-2-5-11(17)15(14)16(12-6-3-9-18-12)13-7-4-10-19-13/h2-10,16,18-19H,1H3. The van der Waals surface area contributed by atoms with E-state index in [-0.39, 0.29) is 11.7 Å². The van der Waals surface area contributed by atoms with Crippen LogP contribution in [-0.4, -0.2) is 17.1 Å². The number of aromatic nitrogens is 2. The molecule has 0 aliphatic rings. The molecule has 0 amide bonds. The smallest absolute Gasteiger partial charge is 0.131 e. The van der Waals surface area contributed by atoms with Gasteiger partial charge in [-0.25, -0.2) is 4.39 Å². The zero-order chi connectivity index (χ0) is 13.9. The highest BCUT2D eigenvalue weighted by atomic mass is 19.1. The summed E-state index contributed by atoms with van der Waals surface area (Å²) in [5.41, 5.74) is 2.35. The summed E-state index contributed by atoms with van der Waals surface area (Å²) in [5, 5.41) is 0. The van der Waals surface area contributed by atoms with Gasteiger partial charge in [0.15, 0.2) is 0 Å². The van der Waals surface area contributed by atoms with Gasteiger partial charge in [0.1, 0.15) is 11.6 Å². The van der Waals surface area contributed by atoms with Gasteiger partial charge < -0.3 is 14.7 Å². The van der Waals surface area contributed by atoms with Crippen LogP contribution in [-0.2, 0) is 0 Å². The van der Waals surface area contributed by atoms with Gasteiger partial charge in [-0.3, -0.25) is 0 Å². The van der Waals surface area contributed by atoms with E-state index >= 15 is 0 Å². The number of aromatic amines is 2. The number of methoxy groups -OCH3 is 1. The average molecular weight is 270 g/mol. The number of benzene rings is 1. The van der Waals surface area contributed by atoms with Crippen molar-refractivity contribution in [3.63, 3.8) is 0 Å². The first kappa shape index (κ1) is 12.5. The number of ether oxygens (including phenoxy) is 1. The molecule has 0 saturated carbocycles. The average Bonchev–Trinajstić information content (AvgIpc) is 3.14. The van der Waals surface area contributed by atoms with Crippen molar-refractivity contribution >= 4 is 0 Å². The third-order valence-corrected chi connectivity index (χ3v) is 3.39. The Labute approximate surface area is 116 Å². The lowest BCUT2D eigenvalue weighted by Crippen LogP contribution is -2.08. The zero-order valence-corrected chi connectivity index (χ0v) is 11.1. The summed E-state index contributed by atoms with van der Waals surface area (Å²) in [4.78, 5) is 6.32. The third kappa shape index (κ3) is 2.09. The highest BCUT2D eigenvalue weighted by molar-refractivity contribution is 5.46. The van der Waals surface area contributed by atoms with Crippen LogP contribution in [0, 0.1) is 5.82 Å². The van der Waals surface area contributed by atoms with Crippen LogP contribution in [0.15, 0.2) is 54.9 Å². The van der Waals surface area contributed by atoms with Crippen LogP contribution in [0.5, 0.6) is 5.75 Å². The Bertz CT molecular complexity index is 640. The molecule has 20 heavy (non-hydrogen) atoms. The Morgan fingerprint density at radius 2 is 1.60 bits per heavy atom. The van der Waals surface area contributed by atoms with E-state index in [1.807, 2.05) is 36.7 Å². The molecule has 0 unspecified atom stereocenters. The Hall–Kier alpha value is -2.49. The first-order valence-electron chi connectivity index (χ1n) is 6.40. The Kier molecular flexibility index (Phi) is 3.29. The van der Waals surface area contributed by atoms with Gasteiger partial charge in [-0.05, 0) is 36.4 Å². The summed E-state index contributed by atoms with van der Waals surface area (Å²) in [5.74, 6) is 0.00824. The maximum absolute atomic E-state index is 14.4. The van der Waals surface area contributed by atoms with Gasteiger partial charge in [0.2, 0.25) is 0 Å². The second-order valence-electron chi connectivity index (χ2n) is 4.54. The second kappa shape index (κ2) is 5.25. The highest BCUT2D eigenvalue weighted by Crippen LogP contribution is 2.37. The van der Waals surface area contributed by atoms with Gasteiger partial charge in [-0.2, -0.15) is 0 Å². The molecule has 0 fully saturated rings. The van der Waals surface area contributed by atoms with Crippen molar-refractivity contribution in [3.05, 3.63) is 77.6 Å². The van der Waals surface area contributed by atoms with Gasteiger partial charge in [0.05, 0.1) is 13.0 Å². The number of hydrogen-bond donors (Lipinski definition) is 2. The van der Waals surface area contributed by atoms with Crippen LogP contribution < -0.4 is 4.74 Å². The minimum absolute atomic E-state index is 0.254. The quantitative estimate of drug-likeness (QED) is 0.746. The van der Waals surface area contributed by atoms with E-state index in [2.05, 4.69) is 9.97 Å². The van der Waals surface area contributed by atoms with Crippen molar-refractivity contribution in [2.24, 2.45) is 0 Å². The largest absolute Gasteiger partial charge is 0.496 e. The summed E-state index contributed by atoms with van der Waals surface area (Å²) in [6.45, 7) is 0. The van der Waals surface area contributed by atoms with Crippen molar-refractivity contribution in [2.75, 3.05) is 7.11 Å². The molecule has 2 heterocycles. The zero-order valence-electron chi connectivity index (χ0n) is 11.1. The summed E-state index contributed by atoms with van der Waals surface area (Å²) >= 11 is 0. The van der Waals surface area contributed by atoms with Gasteiger partial charge in [-0.1, -0.05) is 6.07 Å². The van der Waals surface area contributed by atoms with E-state index < -0.39 is 0 Å². The maximum Gasteiger partial charge on any atom is 0.131 e. The number of halogens is 1. The van der Waals surface area contributed by atoms with E-state index in [4.69, 9.17) is 4.74 Å².